The molecule has 0 amide bonds. The number of aliphatic hydroxyl groups is 1. The van der Waals surface area contributed by atoms with Gasteiger partial charge in [0.15, 0.2) is 0 Å². The van der Waals surface area contributed by atoms with Gasteiger partial charge in [0.1, 0.15) is 0 Å². The standard InChI is InChI=1S/C13H27NO2/c1-10(13(2,3)4)14-7-12(15)9-16-8-11-5-6-11/h10-12,14-15H,5-9H2,1-4H3. The Bertz CT molecular complexity index is 197. The first-order chi connectivity index (χ1) is 7.39. The fraction of sp³-hybridized carbons (Fsp3) is 1.00. The Kier molecular flexibility index (Phi) is 5.22. The van der Waals surface area contributed by atoms with Crippen molar-refractivity contribution in [1.29, 1.82) is 0 Å². The summed E-state index contributed by atoms with van der Waals surface area (Å²) in [5, 5.41) is 13.1. The second kappa shape index (κ2) is 5.99. The van der Waals surface area contributed by atoms with Crippen LogP contribution in [-0.4, -0.2) is 37.0 Å². The molecule has 16 heavy (non-hydrogen) atoms. The van der Waals surface area contributed by atoms with Crippen LogP contribution in [0.15, 0.2) is 0 Å². The van der Waals surface area contributed by atoms with E-state index in [2.05, 4.69) is 33.0 Å². The molecule has 0 aromatic rings. The van der Waals surface area contributed by atoms with Gasteiger partial charge in [0.2, 0.25) is 0 Å². The minimum Gasteiger partial charge on any atom is -0.389 e. The molecule has 3 heteroatoms. The zero-order valence-electron chi connectivity index (χ0n) is 11.1. The number of hydrogen-bond acceptors (Lipinski definition) is 3. The highest BCUT2D eigenvalue weighted by Gasteiger charge is 2.22. The van der Waals surface area contributed by atoms with Crippen molar-refractivity contribution in [3.8, 4) is 0 Å². The zero-order chi connectivity index (χ0) is 12.2. The summed E-state index contributed by atoms with van der Waals surface area (Å²) in [7, 11) is 0. The predicted octanol–water partition coefficient (Wildman–Crippen LogP) is 1.80. The molecule has 96 valence electrons. The van der Waals surface area contributed by atoms with Gasteiger partial charge in [-0.2, -0.15) is 0 Å². The van der Waals surface area contributed by atoms with E-state index in [0.29, 0.717) is 19.2 Å². The fourth-order valence-electron chi connectivity index (χ4n) is 1.33. The van der Waals surface area contributed by atoms with E-state index in [1.807, 2.05) is 0 Å². The summed E-state index contributed by atoms with van der Waals surface area (Å²) in [5.41, 5.74) is 0.231. The van der Waals surface area contributed by atoms with Crippen molar-refractivity contribution in [3.63, 3.8) is 0 Å². The summed E-state index contributed by atoms with van der Waals surface area (Å²) < 4.78 is 5.45. The molecule has 0 heterocycles. The fourth-order valence-corrected chi connectivity index (χ4v) is 1.33. The molecule has 0 saturated heterocycles. The van der Waals surface area contributed by atoms with Crippen molar-refractivity contribution in [2.75, 3.05) is 19.8 Å². The molecule has 1 fully saturated rings. The lowest BCUT2D eigenvalue weighted by atomic mass is 9.88. The molecule has 2 N–H and O–H groups in total. The topological polar surface area (TPSA) is 41.5 Å². The summed E-state index contributed by atoms with van der Waals surface area (Å²) in [6.45, 7) is 10.6. The van der Waals surface area contributed by atoms with Crippen molar-refractivity contribution in [3.05, 3.63) is 0 Å². The third-order valence-corrected chi connectivity index (χ3v) is 3.32. The van der Waals surface area contributed by atoms with E-state index in [1.165, 1.54) is 12.8 Å². The Balaban J connectivity index is 2.02. The highest BCUT2D eigenvalue weighted by Crippen LogP contribution is 2.28. The van der Waals surface area contributed by atoms with Gasteiger partial charge in [-0.3, -0.25) is 0 Å². The molecule has 1 aliphatic carbocycles. The quantitative estimate of drug-likeness (QED) is 0.699. The minimum absolute atomic E-state index is 0.231. The number of nitrogens with one attached hydrogen (secondary N) is 1. The van der Waals surface area contributed by atoms with Crippen molar-refractivity contribution < 1.29 is 9.84 Å². The molecule has 0 aromatic heterocycles. The van der Waals surface area contributed by atoms with E-state index in [9.17, 15) is 5.11 Å². The lowest BCUT2D eigenvalue weighted by molar-refractivity contribution is 0.0296. The van der Waals surface area contributed by atoms with Gasteiger partial charge in [-0.15, -0.1) is 0 Å². The second-order valence-corrected chi connectivity index (χ2v) is 6.13. The van der Waals surface area contributed by atoms with Crippen LogP contribution < -0.4 is 5.32 Å². The van der Waals surface area contributed by atoms with Crippen LogP contribution in [0.2, 0.25) is 0 Å². The normalized spacial score (nSPS) is 20.8. The maximum Gasteiger partial charge on any atom is 0.0897 e. The Hall–Kier alpha value is -0.120. The number of aliphatic hydroxyl groups excluding tert-OH is 1. The first kappa shape index (κ1) is 13.9. The average molecular weight is 229 g/mol. The van der Waals surface area contributed by atoms with Gasteiger partial charge in [0.25, 0.3) is 0 Å². The zero-order valence-corrected chi connectivity index (χ0v) is 11.1. The van der Waals surface area contributed by atoms with Crippen LogP contribution in [0.1, 0.15) is 40.5 Å². The maximum absolute atomic E-state index is 9.71. The number of ether oxygens (including phenoxy) is 1. The average Bonchev–Trinajstić information content (AvgIpc) is 2.96. The Labute approximate surface area is 99.6 Å². The summed E-state index contributed by atoms with van der Waals surface area (Å²) in [5.74, 6) is 0.772. The minimum atomic E-state index is -0.386. The molecule has 0 radical (unpaired) electrons. The smallest absolute Gasteiger partial charge is 0.0897 e. The molecule has 1 saturated carbocycles. The lowest BCUT2D eigenvalue weighted by Gasteiger charge is -2.29. The van der Waals surface area contributed by atoms with E-state index in [1.54, 1.807) is 0 Å². The highest BCUT2D eigenvalue weighted by atomic mass is 16.5. The summed E-state index contributed by atoms with van der Waals surface area (Å²) in [6, 6.07) is 0.394. The number of rotatable bonds is 7. The molecule has 0 aliphatic heterocycles. The van der Waals surface area contributed by atoms with Crippen LogP contribution in [-0.2, 0) is 4.74 Å². The second-order valence-electron chi connectivity index (χ2n) is 6.13. The van der Waals surface area contributed by atoms with Crippen molar-refractivity contribution in [2.24, 2.45) is 11.3 Å². The van der Waals surface area contributed by atoms with Gasteiger partial charge in [0.05, 0.1) is 12.7 Å². The van der Waals surface area contributed by atoms with Crippen LogP contribution in [0.25, 0.3) is 0 Å². The van der Waals surface area contributed by atoms with E-state index in [-0.39, 0.29) is 11.5 Å². The molecule has 2 atom stereocenters. The first-order valence-corrected chi connectivity index (χ1v) is 6.39. The summed E-state index contributed by atoms with van der Waals surface area (Å²) in [6.07, 6.45) is 2.22. The largest absolute Gasteiger partial charge is 0.389 e. The Morgan fingerprint density at radius 1 is 1.38 bits per heavy atom. The van der Waals surface area contributed by atoms with Crippen LogP contribution in [0.4, 0.5) is 0 Å². The Morgan fingerprint density at radius 3 is 2.50 bits per heavy atom. The van der Waals surface area contributed by atoms with E-state index in [4.69, 9.17) is 4.74 Å². The molecule has 3 nitrogen and oxygen atoms in total. The number of hydrogen-bond donors (Lipinski definition) is 2. The third kappa shape index (κ3) is 5.83. The van der Waals surface area contributed by atoms with E-state index in [0.717, 1.165) is 12.5 Å². The maximum atomic E-state index is 9.71. The van der Waals surface area contributed by atoms with Gasteiger partial charge < -0.3 is 15.2 Å². The monoisotopic (exact) mass is 229 g/mol. The van der Waals surface area contributed by atoms with Crippen molar-refractivity contribution >= 4 is 0 Å². The molecule has 0 aromatic carbocycles. The molecule has 1 rings (SSSR count). The molecular weight excluding hydrogens is 202 g/mol. The molecule has 1 aliphatic rings. The van der Waals surface area contributed by atoms with E-state index < -0.39 is 0 Å². The van der Waals surface area contributed by atoms with E-state index >= 15 is 0 Å². The third-order valence-electron chi connectivity index (χ3n) is 3.32. The Morgan fingerprint density at radius 2 is 2.00 bits per heavy atom. The van der Waals surface area contributed by atoms with Gasteiger partial charge in [-0.1, -0.05) is 20.8 Å². The van der Waals surface area contributed by atoms with Crippen LogP contribution >= 0.6 is 0 Å². The van der Waals surface area contributed by atoms with Crippen LogP contribution in [0, 0.1) is 11.3 Å². The molecule has 0 spiro atoms. The highest BCUT2D eigenvalue weighted by molar-refractivity contribution is 4.77. The van der Waals surface area contributed by atoms with Gasteiger partial charge in [-0.25, -0.2) is 0 Å². The van der Waals surface area contributed by atoms with Gasteiger partial charge in [-0.05, 0) is 31.1 Å². The van der Waals surface area contributed by atoms with Gasteiger partial charge in [0, 0.05) is 19.2 Å². The van der Waals surface area contributed by atoms with Crippen LogP contribution in [0.5, 0.6) is 0 Å². The first-order valence-electron chi connectivity index (χ1n) is 6.39. The van der Waals surface area contributed by atoms with Crippen molar-refractivity contribution in [1.82, 2.24) is 5.32 Å². The molecular formula is C13H27NO2. The predicted molar refractivity (Wildman–Crippen MR) is 66.5 cm³/mol. The lowest BCUT2D eigenvalue weighted by Crippen LogP contribution is -2.42. The molecule has 2 unspecified atom stereocenters. The summed E-state index contributed by atoms with van der Waals surface area (Å²) in [4.78, 5) is 0. The van der Waals surface area contributed by atoms with Crippen LogP contribution in [0.3, 0.4) is 0 Å². The van der Waals surface area contributed by atoms with Crippen molar-refractivity contribution in [2.45, 2.75) is 52.7 Å². The SMILES string of the molecule is CC(NCC(O)COCC1CC1)C(C)(C)C. The van der Waals surface area contributed by atoms with Gasteiger partial charge >= 0.3 is 0 Å². The summed E-state index contributed by atoms with van der Waals surface area (Å²) >= 11 is 0. The molecule has 0 bridgehead atoms.